The molecule has 0 aliphatic heterocycles. The molecule has 1 N–H and O–H groups in total. The maximum Gasteiger partial charge on any atom is 0.336 e. The van der Waals surface area contributed by atoms with Crippen molar-refractivity contribution >= 4 is 22.6 Å². The lowest BCUT2D eigenvalue weighted by Crippen LogP contribution is -2.11. The molecule has 2 aromatic carbocycles. The summed E-state index contributed by atoms with van der Waals surface area (Å²) < 4.78 is 10.3. The molecule has 0 bridgehead atoms. The molecule has 138 valence electrons. The number of phenols is 1. The Labute approximate surface area is 152 Å². The Kier molecular flexibility index (Phi) is 4.89. The molecule has 0 amide bonds. The smallest absolute Gasteiger partial charge is 0.336 e. The van der Waals surface area contributed by atoms with Crippen LogP contribution in [0.15, 0.2) is 51.7 Å². The topological polar surface area (TPSA) is 120 Å². The van der Waals surface area contributed by atoms with Gasteiger partial charge in [0.1, 0.15) is 17.9 Å². The van der Waals surface area contributed by atoms with Crippen LogP contribution in [-0.2, 0) is 22.6 Å². The quantitative estimate of drug-likeness (QED) is 0.318. The number of nitrogens with zero attached hydrogens (tertiary/aromatic N) is 1. The van der Waals surface area contributed by atoms with Crippen LogP contribution in [0, 0.1) is 17.0 Å². The lowest BCUT2D eigenvalue weighted by molar-refractivity contribution is -0.385. The molecule has 0 fully saturated rings. The highest BCUT2D eigenvalue weighted by Crippen LogP contribution is 2.27. The number of fused-ring (bicyclic) bond motifs is 1. The minimum absolute atomic E-state index is 0.0174. The maximum absolute atomic E-state index is 12.1. The number of ether oxygens (including phenoxy) is 1. The van der Waals surface area contributed by atoms with Gasteiger partial charge in [-0.3, -0.25) is 14.9 Å². The molecule has 27 heavy (non-hydrogen) atoms. The molecule has 0 spiro atoms. The number of hydrogen-bond donors (Lipinski definition) is 1. The predicted octanol–water partition coefficient (Wildman–Crippen LogP) is 3.00. The van der Waals surface area contributed by atoms with E-state index in [0.717, 1.165) is 0 Å². The highest BCUT2D eigenvalue weighted by molar-refractivity contribution is 5.85. The molecule has 1 heterocycles. The number of nitro benzene ring substituents is 1. The minimum Gasteiger partial charge on any atom is -0.508 e. The Hall–Kier alpha value is -3.68. The van der Waals surface area contributed by atoms with Crippen LogP contribution in [0.25, 0.3) is 11.0 Å². The zero-order chi connectivity index (χ0) is 19.6. The molecule has 0 unspecified atom stereocenters. The van der Waals surface area contributed by atoms with E-state index in [1.165, 1.54) is 30.3 Å². The van der Waals surface area contributed by atoms with Gasteiger partial charge in [-0.25, -0.2) is 4.79 Å². The van der Waals surface area contributed by atoms with Gasteiger partial charge in [0.25, 0.3) is 5.69 Å². The van der Waals surface area contributed by atoms with Gasteiger partial charge in [0.2, 0.25) is 0 Å². The summed E-state index contributed by atoms with van der Waals surface area (Å²) in [6.07, 6.45) is -0.268. The van der Waals surface area contributed by atoms with Crippen molar-refractivity contribution in [1.29, 1.82) is 0 Å². The number of benzene rings is 2. The van der Waals surface area contributed by atoms with Crippen molar-refractivity contribution < 1.29 is 24.0 Å². The monoisotopic (exact) mass is 369 g/mol. The molecular formula is C19H15NO7. The van der Waals surface area contributed by atoms with Gasteiger partial charge in [-0.2, -0.15) is 0 Å². The van der Waals surface area contributed by atoms with E-state index in [1.807, 2.05) is 0 Å². The normalized spacial score (nSPS) is 10.7. The largest absolute Gasteiger partial charge is 0.508 e. The maximum atomic E-state index is 12.1. The first-order valence-corrected chi connectivity index (χ1v) is 8.00. The first kappa shape index (κ1) is 18.1. The SMILES string of the molecule is Cc1c(O)ccc2c(COC(=O)Cc3ccccc3[N+](=O)[O-])cc(=O)oc12. The van der Waals surface area contributed by atoms with E-state index < -0.39 is 16.5 Å². The first-order chi connectivity index (χ1) is 12.9. The number of aryl methyl sites for hydroxylation is 1. The van der Waals surface area contributed by atoms with E-state index in [-0.39, 0.29) is 35.6 Å². The standard InChI is InChI=1S/C19H15NO7/c1-11-16(21)7-6-14-13(9-18(23)27-19(11)14)10-26-17(22)8-12-4-2-3-5-15(12)20(24)25/h2-7,9,21H,8,10H2,1H3. The summed E-state index contributed by atoms with van der Waals surface area (Å²) in [4.78, 5) is 34.3. The van der Waals surface area contributed by atoms with Gasteiger partial charge in [0.05, 0.1) is 11.3 Å². The molecule has 0 radical (unpaired) electrons. The number of rotatable bonds is 5. The van der Waals surface area contributed by atoms with Gasteiger partial charge < -0.3 is 14.3 Å². The fraction of sp³-hybridized carbons (Fsp3) is 0.158. The molecule has 0 saturated heterocycles. The molecule has 3 rings (SSSR count). The van der Waals surface area contributed by atoms with Gasteiger partial charge in [-0.1, -0.05) is 18.2 Å². The fourth-order valence-corrected chi connectivity index (χ4v) is 2.74. The van der Waals surface area contributed by atoms with Crippen LogP contribution >= 0.6 is 0 Å². The summed E-state index contributed by atoms with van der Waals surface area (Å²) in [7, 11) is 0. The van der Waals surface area contributed by atoms with E-state index in [9.17, 15) is 24.8 Å². The Morgan fingerprint density at radius 3 is 2.70 bits per heavy atom. The lowest BCUT2D eigenvalue weighted by atomic mass is 10.1. The Morgan fingerprint density at radius 2 is 1.96 bits per heavy atom. The average molecular weight is 369 g/mol. The van der Waals surface area contributed by atoms with Crippen LogP contribution in [0.1, 0.15) is 16.7 Å². The van der Waals surface area contributed by atoms with Crippen molar-refractivity contribution in [2.24, 2.45) is 0 Å². The van der Waals surface area contributed by atoms with Crippen LogP contribution in [0.5, 0.6) is 5.75 Å². The van der Waals surface area contributed by atoms with Gasteiger partial charge in [0, 0.05) is 34.2 Å². The molecule has 0 aliphatic carbocycles. The molecule has 0 aliphatic rings. The second-order valence-electron chi connectivity index (χ2n) is 5.90. The number of esters is 1. The molecule has 0 atom stereocenters. The molecule has 8 nitrogen and oxygen atoms in total. The van der Waals surface area contributed by atoms with Crippen LogP contribution < -0.4 is 5.63 Å². The number of hydrogen-bond acceptors (Lipinski definition) is 7. The van der Waals surface area contributed by atoms with Gasteiger partial charge in [0.15, 0.2) is 0 Å². The van der Waals surface area contributed by atoms with Crippen molar-refractivity contribution in [1.82, 2.24) is 0 Å². The summed E-state index contributed by atoms with van der Waals surface area (Å²) in [5.41, 5.74) is 0.475. The average Bonchev–Trinajstić information content (AvgIpc) is 2.63. The van der Waals surface area contributed by atoms with E-state index in [2.05, 4.69) is 0 Å². The third-order valence-corrected chi connectivity index (χ3v) is 4.13. The second-order valence-corrected chi connectivity index (χ2v) is 5.90. The number of phenolic OH excluding ortho intramolecular Hbond substituents is 1. The van der Waals surface area contributed by atoms with Gasteiger partial charge in [-0.05, 0) is 19.1 Å². The molecule has 3 aromatic rings. The van der Waals surface area contributed by atoms with Crippen molar-refractivity contribution in [3.05, 3.63) is 79.7 Å². The summed E-state index contributed by atoms with van der Waals surface area (Å²) in [6, 6.07) is 10.1. The molecule has 1 aromatic heterocycles. The summed E-state index contributed by atoms with van der Waals surface area (Å²) in [6.45, 7) is 1.40. The van der Waals surface area contributed by atoms with Crippen molar-refractivity contribution in [2.45, 2.75) is 20.0 Å². The van der Waals surface area contributed by atoms with Crippen molar-refractivity contribution in [3.63, 3.8) is 0 Å². The van der Waals surface area contributed by atoms with Crippen molar-refractivity contribution in [3.8, 4) is 5.75 Å². The highest BCUT2D eigenvalue weighted by atomic mass is 16.6. The van der Waals surface area contributed by atoms with Crippen LogP contribution in [0.2, 0.25) is 0 Å². The Morgan fingerprint density at radius 1 is 1.22 bits per heavy atom. The third-order valence-electron chi connectivity index (χ3n) is 4.13. The predicted molar refractivity (Wildman–Crippen MR) is 95.5 cm³/mol. The number of para-hydroxylation sites is 1. The van der Waals surface area contributed by atoms with Crippen LogP contribution in [0.3, 0.4) is 0 Å². The Bertz CT molecular complexity index is 1100. The molecular weight excluding hydrogens is 354 g/mol. The molecule has 0 saturated carbocycles. The number of carbonyl (C=O) groups is 1. The van der Waals surface area contributed by atoms with Gasteiger partial charge in [-0.15, -0.1) is 0 Å². The lowest BCUT2D eigenvalue weighted by Gasteiger charge is -2.09. The number of aromatic hydroxyl groups is 1. The summed E-state index contributed by atoms with van der Waals surface area (Å²) in [5, 5.41) is 21.3. The minimum atomic E-state index is -0.666. The summed E-state index contributed by atoms with van der Waals surface area (Å²) in [5.74, 6) is -0.683. The first-order valence-electron chi connectivity index (χ1n) is 8.00. The van der Waals surface area contributed by atoms with E-state index in [1.54, 1.807) is 19.1 Å². The second kappa shape index (κ2) is 7.28. The van der Waals surface area contributed by atoms with Crippen LogP contribution in [0.4, 0.5) is 5.69 Å². The number of nitro groups is 1. The summed E-state index contributed by atoms with van der Waals surface area (Å²) >= 11 is 0. The zero-order valence-electron chi connectivity index (χ0n) is 14.3. The van der Waals surface area contributed by atoms with E-state index in [0.29, 0.717) is 16.5 Å². The highest BCUT2D eigenvalue weighted by Gasteiger charge is 2.17. The van der Waals surface area contributed by atoms with E-state index >= 15 is 0 Å². The zero-order valence-corrected chi connectivity index (χ0v) is 14.3. The van der Waals surface area contributed by atoms with Crippen LogP contribution in [-0.4, -0.2) is 16.0 Å². The molecule has 8 heteroatoms. The Balaban J connectivity index is 1.81. The van der Waals surface area contributed by atoms with Crippen molar-refractivity contribution in [2.75, 3.05) is 0 Å². The number of carbonyl (C=O) groups excluding carboxylic acids is 1. The fourth-order valence-electron chi connectivity index (χ4n) is 2.74. The third kappa shape index (κ3) is 3.79. The van der Waals surface area contributed by atoms with E-state index in [4.69, 9.17) is 9.15 Å². The van der Waals surface area contributed by atoms with Gasteiger partial charge >= 0.3 is 11.6 Å².